The van der Waals surface area contributed by atoms with E-state index in [1.54, 1.807) is 6.07 Å². The highest BCUT2D eigenvalue weighted by molar-refractivity contribution is 6.30. The van der Waals surface area contributed by atoms with Crippen molar-refractivity contribution in [2.24, 2.45) is 17.1 Å². The number of ether oxygens (including phenoxy) is 2. The molecule has 0 aromatic heterocycles. The van der Waals surface area contributed by atoms with E-state index in [0.717, 1.165) is 30.4 Å². The van der Waals surface area contributed by atoms with E-state index in [9.17, 15) is 20.2 Å². The van der Waals surface area contributed by atoms with Gasteiger partial charge in [0.1, 0.15) is 30.0 Å². The van der Waals surface area contributed by atoms with Gasteiger partial charge in [0.25, 0.3) is 0 Å². The lowest BCUT2D eigenvalue weighted by Crippen LogP contribution is -2.42. The monoisotopic (exact) mass is 488 g/mol. The molecule has 2 aliphatic carbocycles. The first-order chi connectivity index (χ1) is 16.9. The van der Waals surface area contributed by atoms with Crippen LogP contribution in [0.15, 0.2) is 59.3 Å². The van der Waals surface area contributed by atoms with E-state index in [1.165, 1.54) is 25.3 Å². The third kappa shape index (κ3) is 4.08. The van der Waals surface area contributed by atoms with Gasteiger partial charge in [-0.2, -0.15) is 15.8 Å². The van der Waals surface area contributed by atoms with Gasteiger partial charge in [-0.3, -0.25) is 0 Å². The van der Waals surface area contributed by atoms with Crippen LogP contribution in [0.25, 0.3) is 0 Å². The van der Waals surface area contributed by atoms with E-state index in [2.05, 4.69) is 18.2 Å². The van der Waals surface area contributed by atoms with E-state index in [4.69, 9.17) is 26.8 Å². The SMILES string of the molecule is COc1ccc([C@H]2[C@@H]3CCCC=C3C(C#N)=C(N)C2(C#N)C#N)cc1COc1ccc(F)c(Cl)c1. The summed E-state index contributed by atoms with van der Waals surface area (Å²) in [4.78, 5) is 0. The molecule has 2 N–H and O–H groups in total. The Morgan fingerprint density at radius 3 is 2.60 bits per heavy atom. The van der Waals surface area contributed by atoms with E-state index in [0.29, 0.717) is 17.1 Å². The largest absolute Gasteiger partial charge is 0.496 e. The minimum absolute atomic E-state index is 0.00558. The number of nitrogens with zero attached hydrogens (tertiary/aromatic N) is 3. The Labute approximate surface area is 208 Å². The Morgan fingerprint density at radius 1 is 1.17 bits per heavy atom. The number of allylic oxidation sites excluding steroid dienone is 4. The Kier molecular flexibility index (Phi) is 6.70. The third-order valence-corrected chi connectivity index (χ3v) is 7.04. The van der Waals surface area contributed by atoms with Crippen molar-refractivity contribution in [1.29, 1.82) is 15.8 Å². The summed E-state index contributed by atoms with van der Waals surface area (Å²) in [7, 11) is 1.53. The maximum atomic E-state index is 13.5. The van der Waals surface area contributed by atoms with Crippen LogP contribution in [0.3, 0.4) is 0 Å². The zero-order valence-corrected chi connectivity index (χ0v) is 19.8. The molecular formula is C27H22ClFN4O2. The molecule has 0 bridgehead atoms. The van der Waals surface area contributed by atoms with Crippen LogP contribution in [0.5, 0.6) is 11.5 Å². The Morgan fingerprint density at radius 2 is 1.94 bits per heavy atom. The highest BCUT2D eigenvalue weighted by Crippen LogP contribution is 2.56. The Hall–Kier alpha value is -3.99. The van der Waals surface area contributed by atoms with Crippen molar-refractivity contribution >= 4 is 11.6 Å². The first kappa shape index (κ1) is 24.1. The number of methoxy groups -OCH3 is 1. The number of nitriles is 3. The maximum absolute atomic E-state index is 13.5. The predicted molar refractivity (Wildman–Crippen MR) is 127 cm³/mol. The molecule has 8 heteroatoms. The molecule has 2 aromatic rings. The molecule has 0 saturated heterocycles. The molecule has 0 aliphatic heterocycles. The maximum Gasteiger partial charge on any atom is 0.191 e. The fourth-order valence-electron chi connectivity index (χ4n) is 5.08. The molecule has 0 unspecified atom stereocenters. The van der Waals surface area contributed by atoms with Crippen LogP contribution in [0.4, 0.5) is 4.39 Å². The molecule has 176 valence electrons. The molecule has 0 fully saturated rings. The van der Waals surface area contributed by atoms with Crippen molar-refractivity contribution < 1.29 is 13.9 Å². The van der Waals surface area contributed by atoms with Crippen LogP contribution in [-0.4, -0.2) is 7.11 Å². The first-order valence-corrected chi connectivity index (χ1v) is 11.5. The van der Waals surface area contributed by atoms with E-state index < -0.39 is 17.2 Å². The molecule has 2 aromatic carbocycles. The molecule has 0 spiro atoms. The lowest BCUT2D eigenvalue weighted by atomic mass is 9.56. The minimum Gasteiger partial charge on any atom is -0.496 e. The molecule has 0 heterocycles. The number of hydrogen-bond acceptors (Lipinski definition) is 6. The molecule has 0 radical (unpaired) electrons. The van der Waals surface area contributed by atoms with Gasteiger partial charge in [0.15, 0.2) is 5.41 Å². The first-order valence-electron chi connectivity index (χ1n) is 11.1. The van der Waals surface area contributed by atoms with Crippen LogP contribution in [0.2, 0.25) is 5.02 Å². The van der Waals surface area contributed by atoms with Crippen LogP contribution < -0.4 is 15.2 Å². The highest BCUT2D eigenvalue weighted by atomic mass is 35.5. The van der Waals surface area contributed by atoms with Gasteiger partial charge in [0.05, 0.1) is 35.5 Å². The zero-order valence-electron chi connectivity index (χ0n) is 19.0. The van der Waals surface area contributed by atoms with Gasteiger partial charge in [-0.05, 0) is 60.6 Å². The minimum atomic E-state index is -1.69. The summed E-state index contributed by atoms with van der Waals surface area (Å²) >= 11 is 5.86. The topological polar surface area (TPSA) is 116 Å². The summed E-state index contributed by atoms with van der Waals surface area (Å²) in [6.45, 7) is 0.0833. The van der Waals surface area contributed by atoms with Gasteiger partial charge in [0, 0.05) is 17.5 Å². The summed E-state index contributed by atoms with van der Waals surface area (Å²) in [5.41, 5.74) is 7.09. The lowest BCUT2D eigenvalue weighted by molar-refractivity contribution is 0.293. The number of halogens is 2. The van der Waals surface area contributed by atoms with Crippen molar-refractivity contribution in [3.63, 3.8) is 0 Å². The van der Waals surface area contributed by atoms with Crippen molar-refractivity contribution in [3.05, 3.63) is 81.3 Å². The average molecular weight is 489 g/mol. The average Bonchev–Trinajstić information content (AvgIpc) is 2.88. The van der Waals surface area contributed by atoms with Crippen molar-refractivity contribution in [3.8, 4) is 29.7 Å². The van der Waals surface area contributed by atoms with Gasteiger partial charge in [-0.1, -0.05) is 23.7 Å². The van der Waals surface area contributed by atoms with Gasteiger partial charge in [-0.15, -0.1) is 0 Å². The van der Waals surface area contributed by atoms with Crippen LogP contribution >= 0.6 is 11.6 Å². The Balaban J connectivity index is 1.80. The second kappa shape index (κ2) is 9.71. The van der Waals surface area contributed by atoms with Gasteiger partial charge in [0.2, 0.25) is 0 Å². The molecule has 35 heavy (non-hydrogen) atoms. The molecular weight excluding hydrogens is 467 g/mol. The summed E-state index contributed by atoms with van der Waals surface area (Å²) < 4.78 is 24.8. The van der Waals surface area contributed by atoms with Gasteiger partial charge in [-0.25, -0.2) is 4.39 Å². The van der Waals surface area contributed by atoms with E-state index in [1.807, 2.05) is 18.2 Å². The third-order valence-electron chi connectivity index (χ3n) is 6.75. The van der Waals surface area contributed by atoms with Crippen LogP contribution in [0.1, 0.15) is 36.3 Å². The number of benzene rings is 2. The quantitative estimate of drug-likeness (QED) is 0.580. The Bertz CT molecular complexity index is 1350. The lowest BCUT2D eigenvalue weighted by Gasteiger charge is -2.43. The van der Waals surface area contributed by atoms with Gasteiger partial charge >= 0.3 is 0 Å². The van der Waals surface area contributed by atoms with E-state index >= 15 is 0 Å². The molecule has 2 atom stereocenters. The highest BCUT2D eigenvalue weighted by Gasteiger charge is 2.53. The number of fused-ring (bicyclic) bond motifs is 1. The normalized spacial score (nSPS) is 20.5. The summed E-state index contributed by atoms with van der Waals surface area (Å²) in [5.74, 6) is -0.390. The summed E-state index contributed by atoms with van der Waals surface area (Å²) in [6, 6.07) is 15.9. The predicted octanol–water partition coefficient (Wildman–Crippen LogP) is 5.66. The molecule has 4 rings (SSSR count). The summed E-state index contributed by atoms with van der Waals surface area (Å²) in [6.07, 6.45) is 4.42. The number of rotatable bonds is 5. The van der Waals surface area contributed by atoms with Crippen LogP contribution in [0, 0.1) is 51.1 Å². The fraction of sp³-hybridized carbons (Fsp3) is 0.296. The molecule has 0 amide bonds. The second-order valence-corrected chi connectivity index (χ2v) is 8.95. The zero-order chi connectivity index (χ0) is 25.2. The second-order valence-electron chi connectivity index (χ2n) is 8.54. The number of hydrogen-bond donors (Lipinski definition) is 1. The standard InChI is InChI=1S/C27H22ClFN4O2/c1-34-24-9-6-16(10-17(24)13-35-18-7-8-23(29)22(28)11-18)25-20-5-3-2-4-19(20)21(12-30)26(33)27(25,14-31)15-32/h4,6-11,20,25H,2-3,5,13,33H2,1H3/t20-,25+/m1/s1. The molecule has 6 nitrogen and oxygen atoms in total. The molecule has 2 aliphatic rings. The smallest absolute Gasteiger partial charge is 0.191 e. The van der Waals surface area contributed by atoms with Crippen molar-refractivity contribution in [2.45, 2.75) is 31.8 Å². The summed E-state index contributed by atoms with van der Waals surface area (Å²) in [5, 5.41) is 30.2. The van der Waals surface area contributed by atoms with Gasteiger partial charge < -0.3 is 15.2 Å². The number of nitrogens with two attached hydrogens (primary N) is 1. The molecule has 0 saturated carbocycles. The fourth-order valence-corrected chi connectivity index (χ4v) is 5.25. The van der Waals surface area contributed by atoms with E-state index in [-0.39, 0.29) is 28.8 Å². The van der Waals surface area contributed by atoms with Crippen molar-refractivity contribution in [1.82, 2.24) is 0 Å². The van der Waals surface area contributed by atoms with Crippen LogP contribution in [-0.2, 0) is 6.61 Å². The van der Waals surface area contributed by atoms with Crippen molar-refractivity contribution in [2.75, 3.05) is 7.11 Å².